The van der Waals surface area contributed by atoms with Gasteiger partial charge >= 0.3 is 12.6 Å². The zero-order valence-electron chi connectivity index (χ0n) is 17.3. The Balaban J connectivity index is 1.73. The highest BCUT2D eigenvalue weighted by Gasteiger charge is 2.55. The minimum absolute atomic E-state index is 0.336. The number of ether oxygens (including phenoxy) is 3. The molecular weight excluding hydrogens is 380 g/mol. The van der Waals surface area contributed by atoms with Crippen LogP contribution in [0.3, 0.4) is 0 Å². The number of carboxylic acid groups (broad SMARTS) is 1. The SMILES string of the molecule is O=C(O)OC1Oc2ccc3ccccc3c2C(C2CCCCC2)(C2CCCCC2)O1. The van der Waals surface area contributed by atoms with Crippen LogP contribution in [0, 0.1) is 11.8 Å². The first-order valence-corrected chi connectivity index (χ1v) is 11.4. The minimum Gasteiger partial charge on any atom is -0.450 e. The van der Waals surface area contributed by atoms with Crippen molar-refractivity contribution in [1.82, 2.24) is 0 Å². The van der Waals surface area contributed by atoms with Gasteiger partial charge in [0.2, 0.25) is 0 Å². The Kier molecular flexibility index (Phi) is 5.32. The molecule has 0 spiro atoms. The summed E-state index contributed by atoms with van der Waals surface area (Å²) in [6.45, 7) is -1.22. The Morgan fingerprint density at radius 2 is 1.53 bits per heavy atom. The van der Waals surface area contributed by atoms with Gasteiger partial charge in [0.15, 0.2) is 0 Å². The van der Waals surface area contributed by atoms with Crippen LogP contribution in [0.4, 0.5) is 4.79 Å². The molecule has 1 N–H and O–H groups in total. The van der Waals surface area contributed by atoms with E-state index in [1.54, 1.807) is 0 Å². The molecule has 2 aliphatic carbocycles. The topological polar surface area (TPSA) is 65.0 Å². The molecule has 1 atom stereocenters. The third-order valence-corrected chi connectivity index (χ3v) is 7.42. The van der Waals surface area contributed by atoms with Crippen molar-refractivity contribution >= 4 is 16.9 Å². The molecule has 0 amide bonds. The second-order valence-electron chi connectivity index (χ2n) is 9.03. The first-order valence-electron chi connectivity index (χ1n) is 11.4. The van der Waals surface area contributed by atoms with Crippen LogP contribution in [-0.2, 0) is 15.1 Å². The highest BCUT2D eigenvalue weighted by atomic mass is 16.9. The summed E-state index contributed by atoms with van der Waals surface area (Å²) in [5.41, 5.74) is 0.541. The predicted molar refractivity (Wildman–Crippen MR) is 113 cm³/mol. The molecule has 0 bridgehead atoms. The Bertz CT molecular complexity index is 893. The van der Waals surface area contributed by atoms with Gasteiger partial charge < -0.3 is 14.6 Å². The zero-order chi connectivity index (χ0) is 20.6. The molecule has 5 rings (SSSR count). The van der Waals surface area contributed by atoms with Crippen molar-refractivity contribution in [2.45, 2.75) is 76.3 Å². The van der Waals surface area contributed by atoms with E-state index in [1.165, 1.54) is 38.5 Å². The molecule has 1 heterocycles. The third-order valence-electron chi connectivity index (χ3n) is 7.42. The van der Waals surface area contributed by atoms with E-state index in [0.717, 1.165) is 42.0 Å². The lowest BCUT2D eigenvalue weighted by Crippen LogP contribution is -2.53. The lowest BCUT2D eigenvalue weighted by Gasteiger charge is -2.52. The summed E-state index contributed by atoms with van der Waals surface area (Å²) < 4.78 is 17.7. The van der Waals surface area contributed by atoms with E-state index < -0.39 is 18.2 Å². The molecule has 3 aliphatic rings. The molecule has 2 aromatic rings. The molecular formula is C25H30O5. The fraction of sp³-hybridized carbons (Fsp3) is 0.560. The highest BCUT2D eigenvalue weighted by Crippen LogP contribution is 2.57. The number of hydrogen-bond donors (Lipinski definition) is 1. The van der Waals surface area contributed by atoms with Crippen LogP contribution in [0.25, 0.3) is 10.8 Å². The van der Waals surface area contributed by atoms with Gasteiger partial charge in [0, 0.05) is 5.56 Å². The van der Waals surface area contributed by atoms with Crippen LogP contribution >= 0.6 is 0 Å². The standard InChI is InChI=1S/C25H30O5/c26-23(27)29-24-28-21-16-15-17-9-7-8-14-20(17)22(21)25(30-24,18-10-3-1-4-11-18)19-12-5-2-6-13-19/h7-9,14-16,18-19,24H,1-6,10-13H2,(H,26,27). The molecule has 1 aliphatic heterocycles. The molecule has 0 aromatic heterocycles. The van der Waals surface area contributed by atoms with Gasteiger partial charge in [-0.2, -0.15) is 0 Å². The molecule has 5 nitrogen and oxygen atoms in total. The molecule has 0 saturated heterocycles. The molecule has 0 radical (unpaired) electrons. The monoisotopic (exact) mass is 410 g/mol. The summed E-state index contributed by atoms with van der Waals surface area (Å²) >= 11 is 0. The van der Waals surface area contributed by atoms with Gasteiger partial charge in [-0.05, 0) is 54.4 Å². The average Bonchev–Trinajstić information content (AvgIpc) is 2.79. The maximum Gasteiger partial charge on any atom is 0.510 e. The number of carbonyl (C=O) groups is 1. The molecule has 30 heavy (non-hydrogen) atoms. The molecule has 5 heteroatoms. The molecule has 2 saturated carbocycles. The van der Waals surface area contributed by atoms with Gasteiger partial charge in [0.1, 0.15) is 11.4 Å². The van der Waals surface area contributed by atoms with Crippen LogP contribution in [0.15, 0.2) is 36.4 Å². The van der Waals surface area contributed by atoms with Crippen molar-refractivity contribution < 1.29 is 24.1 Å². The predicted octanol–water partition coefficient (Wildman–Crippen LogP) is 6.58. The van der Waals surface area contributed by atoms with Crippen LogP contribution < -0.4 is 4.74 Å². The third kappa shape index (κ3) is 3.33. The number of fused-ring (bicyclic) bond motifs is 3. The first kappa shape index (κ1) is 19.7. The second-order valence-corrected chi connectivity index (χ2v) is 9.03. The first-order chi connectivity index (χ1) is 14.7. The van der Waals surface area contributed by atoms with Crippen molar-refractivity contribution in [2.24, 2.45) is 11.8 Å². The maximum atomic E-state index is 11.4. The van der Waals surface area contributed by atoms with E-state index in [9.17, 15) is 9.90 Å². The van der Waals surface area contributed by atoms with Crippen molar-refractivity contribution in [3.8, 4) is 5.75 Å². The minimum atomic E-state index is -1.37. The number of benzene rings is 2. The maximum absolute atomic E-state index is 11.4. The van der Waals surface area contributed by atoms with Gasteiger partial charge in [0.05, 0.1) is 0 Å². The highest BCUT2D eigenvalue weighted by molar-refractivity contribution is 5.89. The normalized spacial score (nSPS) is 24.7. The Morgan fingerprint density at radius 3 is 2.17 bits per heavy atom. The van der Waals surface area contributed by atoms with Crippen LogP contribution in [0.5, 0.6) is 5.75 Å². The largest absolute Gasteiger partial charge is 0.510 e. The van der Waals surface area contributed by atoms with E-state index in [4.69, 9.17) is 14.2 Å². The quantitative estimate of drug-likeness (QED) is 0.579. The van der Waals surface area contributed by atoms with Crippen molar-refractivity contribution in [3.63, 3.8) is 0 Å². The van der Waals surface area contributed by atoms with Crippen molar-refractivity contribution in [3.05, 3.63) is 42.0 Å². The van der Waals surface area contributed by atoms with E-state index in [2.05, 4.69) is 24.3 Å². The fourth-order valence-electron chi connectivity index (χ4n) is 6.23. The Labute approximate surface area is 177 Å². The molecule has 160 valence electrons. The summed E-state index contributed by atoms with van der Waals surface area (Å²) in [4.78, 5) is 11.4. The smallest absolute Gasteiger partial charge is 0.450 e. The van der Waals surface area contributed by atoms with Crippen LogP contribution in [0.2, 0.25) is 0 Å². The lowest BCUT2D eigenvalue weighted by molar-refractivity contribution is -0.323. The summed E-state index contributed by atoms with van der Waals surface area (Å²) in [5.74, 6) is 1.38. The van der Waals surface area contributed by atoms with E-state index in [0.29, 0.717) is 17.6 Å². The lowest BCUT2D eigenvalue weighted by atomic mass is 9.62. The summed E-state index contributed by atoms with van der Waals surface area (Å²) in [6.07, 6.45) is 10.3. The summed E-state index contributed by atoms with van der Waals surface area (Å²) in [7, 11) is 0. The van der Waals surface area contributed by atoms with Crippen LogP contribution in [0.1, 0.15) is 69.8 Å². The van der Waals surface area contributed by atoms with Crippen LogP contribution in [-0.4, -0.2) is 17.7 Å². The van der Waals surface area contributed by atoms with Gasteiger partial charge in [-0.1, -0.05) is 68.9 Å². The van der Waals surface area contributed by atoms with E-state index in [1.807, 2.05) is 12.1 Å². The van der Waals surface area contributed by atoms with Crippen molar-refractivity contribution in [2.75, 3.05) is 0 Å². The summed E-state index contributed by atoms with van der Waals surface area (Å²) in [6, 6.07) is 12.4. The van der Waals surface area contributed by atoms with Gasteiger partial charge in [-0.3, -0.25) is 4.74 Å². The molecule has 2 aromatic carbocycles. The Hall–Kier alpha value is -2.27. The van der Waals surface area contributed by atoms with E-state index in [-0.39, 0.29) is 0 Å². The number of hydrogen-bond acceptors (Lipinski definition) is 4. The van der Waals surface area contributed by atoms with Gasteiger partial charge in [-0.25, -0.2) is 4.79 Å². The zero-order valence-corrected chi connectivity index (χ0v) is 17.3. The molecule has 2 fully saturated rings. The molecule has 1 unspecified atom stereocenters. The average molecular weight is 411 g/mol. The fourth-order valence-corrected chi connectivity index (χ4v) is 6.23. The number of rotatable bonds is 3. The summed E-state index contributed by atoms with van der Waals surface area (Å²) in [5, 5.41) is 11.6. The Morgan fingerprint density at radius 1 is 0.900 bits per heavy atom. The van der Waals surface area contributed by atoms with E-state index >= 15 is 0 Å². The second kappa shape index (κ2) is 8.10. The van der Waals surface area contributed by atoms with Crippen molar-refractivity contribution in [1.29, 1.82) is 0 Å². The van der Waals surface area contributed by atoms with Gasteiger partial charge in [-0.15, -0.1) is 0 Å². The van der Waals surface area contributed by atoms with Gasteiger partial charge in [0.25, 0.3) is 0 Å².